The van der Waals surface area contributed by atoms with Gasteiger partial charge in [-0.1, -0.05) is 24.3 Å². The Kier molecular flexibility index (Phi) is 6.20. The van der Waals surface area contributed by atoms with Crippen molar-refractivity contribution < 1.29 is 24.3 Å². The van der Waals surface area contributed by atoms with E-state index in [1.54, 1.807) is 31.2 Å². The lowest BCUT2D eigenvalue weighted by Gasteiger charge is -2.18. The summed E-state index contributed by atoms with van der Waals surface area (Å²) in [7, 11) is 0. The Morgan fingerprint density at radius 2 is 1.62 bits per heavy atom. The van der Waals surface area contributed by atoms with E-state index in [4.69, 9.17) is 4.74 Å². The summed E-state index contributed by atoms with van der Waals surface area (Å²) in [6.07, 6.45) is 1.49. The molecule has 2 rings (SSSR count). The first-order valence-corrected chi connectivity index (χ1v) is 7.75. The van der Waals surface area contributed by atoms with Gasteiger partial charge in [-0.15, -0.1) is 10.1 Å². The maximum atomic E-state index is 12.5. The summed E-state index contributed by atoms with van der Waals surface area (Å²) in [6, 6.07) is 6.84. The Morgan fingerprint density at radius 1 is 1.00 bits per heavy atom. The monoisotopic (exact) mass is 333 g/mol. The number of fused-ring (bicyclic) bond motifs is 1. The average molecular weight is 333 g/mol. The summed E-state index contributed by atoms with van der Waals surface area (Å²) in [5.41, 5.74) is 1.96. The van der Waals surface area contributed by atoms with E-state index in [-0.39, 0.29) is 18.2 Å². The molecule has 0 saturated heterocycles. The van der Waals surface area contributed by atoms with E-state index in [9.17, 15) is 19.7 Å². The molecule has 0 radical (unpaired) electrons. The van der Waals surface area contributed by atoms with Gasteiger partial charge >= 0.3 is 0 Å². The van der Waals surface area contributed by atoms with Gasteiger partial charge in [0.1, 0.15) is 0 Å². The molecule has 0 N–H and O–H groups in total. The van der Waals surface area contributed by atoms with E-state index < -0.39 is 5.09 Å². The minimum absolute atomic E-state index is 0.00102. The smallest absolute Gasteiger partial charge is 0.294 e. The molecule has 0 saturated carbocycles. The second-order valence-electron chi connectivity index (χ2n) is 5.43. The van der Waals surface area contributed by atoms with Gasteiger partial charge in [-0.05, 0) is 26.2 Å². The number of rotatable bonds is 9. The van der Waals surface area contributed by atoms with Gasteiger partial charge in [0.15, 0.2) is 11.6 Å². The molecule has 1 aromatic carbocycles. The zero-order valence-electron chi connectivity index (χ0n) is 13.4. The molecule has 0 amide bonds. The number of Topliss-reactive ketones (excluding diaryl/α,β-unsaturated/α-hetero) is 2. The molecule has 0 fully saturated rings. The number of carbonyl (C=O) groups is 2. The zero-order chi connectivity index (χ0) is 17.5. The highest BCUT2D eigenvalue weighted by molar-refractivity contribution is 6.26. The Bertz CT molecular complexity index is 679. The predicted octanol–water partition coefficient (Wildman–Crippen LogP) is 2.78. The van der Waals surface area contributed by atoms with Gasteiger partial charge in [-0.3, -0.25) is 9.59 Å². The quantitative estimate of drug-likeness (QED) is 0.392. The third-order valence-electron chi connectivity index (χ3n) is 3.83. The number of nitrogens with zero attached hydrogens (tertiary/aromatic N) is 1. The second-order valence-corrected chi connectivity index (χ2v) is 5.43. The van der Waals surface area contributed by atoms with Gasteiger partial charge in [-0.25, -0.2) is 0 Å². The van der Waals surface area contributed by atoms with Crippen molar-refractivity contribution in [1.82, 2.24) is 0 Å². The number of allylic oxidation sites excluding steroid dienone is 2. The first-order valence-electron chi connectivity index (χ1n) is 7.75. The molecule has 0 bridgehead atoms. The highest BCUT2D eigenvalue weighted by atomic mass is 16.9. The Morgan fingerprint density at radius 3 is 2.29 bits per heavy atom. The zero-order valence-corrected chi connectivity index (χ0v) is 13.4. The van der Waals surface area contributed by atoms with Crippen molar-refractivity contribution in [2.24, 2.45) is 0 Å². The highest BCUT2D eigenvalue weighted by Crippen LogP contribution is 2.28. The minimum atomic E-state index is -0.835. The summed E-state index contributed by atoms with van der Waals surface area (Å²) < 4.78 is 5.35. The maximum Gasteiger partial charge on any atom is 0.294 e. The fraction of sp³-hybridized carbons (Fsp3) is 0.412. The SMILES string of the molecule is CC1=C(CCCOCCCO[N+](=O)[O-])C(=O)c2ccccc2C1=O. The van der Waals surface area contributed by atoms with Gasteiger partial charge in [0, 0.05) is 35.5 Å². The molecule has 1 aliphatic carbocycles. The lowest BCUT2D eigenvalue weighted by atomic mass is 9.83. The van der Waals surface area contributed by atoms with Crippen LogP contribution in [0.3, 0.4) is 0 Å². The topological polar surface area (TPSA) is 95.7 Å². The molecule has 0 aromatic heterocycles. The summed E-state index contributed by atoms with van der Waals surface area (Å²) >= 11 is 0. The van der Waals surface area contributed by atoms with Crippen LogP contribution in [0.2, 0.25) is 0 Å². The van der Waals surface area contributed by atoms with Crippen LogP contribution in [-0.4, -0.2) is 36.5 Å². The van der Waals surface area contributed by atoms with Crippen LogP contribution in [0, 0.1) is 10.1 Å². The van der Waals surface area contributed by atoms with Gasteiger partial charge < -0.3 is 9.57 Å². The largest absolute Gasteiger partial charge is 0.381 e. The number of ketones is 2. The van der Waals surface area contributed by atoms with E-state index in [0.29, 0.717) is 54.7 Å². The van der Waals surface area contributed by atoms with Crippen LogP contribution in [0.1, 0.15) is 46.9 Å². The Labute approximate surface area is 139 Å². The fourth-order valence-electron chi connectivity index (χ4n) is 2.61. The van der Waals surface area contributed by atoms with Gasteiger partial charge in [0.25, 0.3) is 5.09 Å². The molecule has 0 aliphatic heterocycles. The minimum Gasteiger partial charge on any atom is -0.381 e. The molecule has 0 spiro atoms. The molecule has 0 heterocycles. The normalized spacial score (nSPS) is 13.9. The van der Waals surface area contributed by atoms with Gasteiger partial charge in [0.2, 0.25) is 0 Å². The van der Waals surface area contributed by atoms with Crippen molar-refractivity contribution in [3.8, 4) is 0 Å². The number of benzene rings is 1. The number of ether oxygens (including phenoxy) is 1. The first kappa shape index (κ1) is 17.8. The fourth-order valence-corrected chi connectivity index (χ4v) is 2.61. The van der Waals surface area contributed by atoms with Crippen molar-refractivity contribution in [2.75, 3.05) is 19.8 Å². The number of hydrogen-bond donors (Lipinski definition) is 0. The predicted molar refractivity (Wildman–Crippen MR) is 85.4 cm³/mol. The lowest BCUT2D eigenvalue weighted by molar-refractivity contribution is -0.757. The van der Waals surface area contributed by atoms with Crippen molar-refractivity contribution in [2.45, 2.75) is 26.2 Å². The third-order valence-corrected chi connectivity index (χ3v) is 3.83. The molecule has 0 atom stereocenters. The van der Waals surface area contributed by atoms with E-state index >= 15 is 0 Å². The molecule has 7 nitrogen and oxygen atoms in total. The molecule has 7 heteroatoms. The van der Waals surface area contributed by atoms with Crippen LogP contribution in [0.15, 0.2) is 35.4 Å². The third kappa shape index (κ3) is 4.26. The maximum absolute atomic E-state index is 12.5. The molecular formula is C17H19NO6. The standard InChI is InChI=1S/C17H19NO6/c1-12-13(8-4-9-23-10-5-11-24-18(21)22)17(20)15-7-3-2-6-14(15)16(12)19/h2-3,6-7H,4-5,8-11H2,1H3. The van der Waals surface area contributed by atoms with E-state index in [2.05, 4.69) is 4.84 Å². The van der Waals surface area contributed by atoms with Crippen LogP contribution >= 0.6 is 0 Å². The second kappa shape index (κ2) is 8.35. The number of hydrogen-bond acceptors (Lipinski definition) is 6. The van der Waals surface area contributed by atoms with Crippen LogP contribution in [0.4, 0.5) is 0 Å². The summed E-state index contributed by atoms with van der Waals surface area (Å²) in [5, 5.41) is 9.13. The van der Waals surface area contributed by atoms with Gasteiger partial charge in [-0.2, -0.15) is 0 Å². The summed E-state index contributed by atoms with van der Waals surface area (Å²) in [4.78, 5) is 39.0. The van der Waals surface area contributed by atoms with Crippen molar-refractivity contribution in [3.63, 3.8) is 0 Å². The summed E-state index contributed by atoms with van der Waals surface area (Å²) in [5.74, 6) is -0.194. The van der Waals surface area contributed by atoms with E-state index in [1.165, 1.54) is 0 Å². The molecular weight excluding hydrogens is 314 g/mol. The molecule has 1 aliphatic rings. The molecule has 1 aromatic rings. The Hall–Kier alpha value is -2.54. The molecule has 0 unspecified atom stereocenters. The molecule has 24 heavy (non-hydrogen) atoms. The van der Waals surface area contributed by atoms with Gasteiger partial charge in [0.05, 0.1) is 6.61 Å². The van der Waals surface area contributed by atoms with Crippen molar-refractivity contribution >= 4 is 11.6 Å². The summed E-state index contributed by atoms with van der Waals surface area (Å²) in [6.45, 7) is 2.45. The highest BCUT2D eigenvalue weighted by Gasteiger charge is 2.28. The average Bonchev–Trinajstić information content (AvgIpc) is 2.57. The van der Waals surface area contributed by atoms with Crippen molar-refractivity contribution in [3.05, 3.63) is 56.7 Å². The van der Waals surface area contributed by atoms with Crippen LogP contribution < -0.4 is 0 Å². The van der Waals surface area contributed by atoms with Crippen LogP contribution in [-0.2, 0) is 9.57 Å². The van der Waals surface area contributed by atoms with Crippen LogP contribution in [0.5, 0.6) is 0 Å². The van der Waals surface area contributed by atoms with E-state index in [1.807, 2.05) is 0 Å². The first-order chi connectivity index (χ1) is 11.5. The lowest BCUT2D eigenvalue weighted by Crippen LogP contribution is -2.21. The number of carbonyl (C=O) groups excluding carboxylic acids is 2. The van der Waals surface area contributed by atoms with E-state index in [0.717, 1.165) is 0 Å². The van der Waals surface area contributed by atoms with Crippen LogP contribution in [0.25, 0.3) is 0 Å². The van der Waals surface area contributed by atoms with Crippen molar-refractivity contribution in [1.29, 1.82) is 0 Å². The Balaban J connectivity index is 1.81. The molecule has 128 valence electrons.